The van der Waals surface area contributed by atoms with Gasteiger partial charge in [0.25, 0.3) is 0 Å². The number of phenolic OH excluding ortho intramolecular Hbond substituents is 1. The first-order valence-electron chi connectivity index (χ1n) is 4.85. The minimum Gasteiger partial charge on any atom is -0.505 e. The fourth-order valence-electron chi connectivity index (χ4n) is 1.95. The smallest absolute Gasteiger partial charge is 0.304 e. The highest BCUT2D eigenvalue weighted by molar-refractivity contribution is 5.70. The lowest BCUT2D eigenvalue weighted by atomic mass is 9.91. The third-order valence-electron chi connectivity index (χ3n) is 2.94. The van der Waals surface area contributed by atoms with E-state index in [4.69, 9.17) is 5.11 Å². The van der Waals surface area contributed by atoms with Crippen LogP contribution in [0.1, 0.15) is 24.8 Å². The summed E-state index contributed by atoms with van der Waals surface area (Å²) in [6.45, 7) is 0. The summed E-state index contributed by atoms with van der Waals surface area (Å²) in [4.78, 5) is 10.6. The van der Waals surface area contributed by atoms with Crippen LogP contribution in [0.2, 0.25) is 0 Å². The lowest BCUT2D eigenvalue weighted by molar-refractivity contribution is -0.137. The van der Waals surface area contributed by atoms with Gasteiger partial charge in [-0.3, -0.25) is 4.79 Å². The van der Waals surface area contributed by atoms with Crippen molar-refractivity contribution in [2.45, 2.75) is 24.7 Å². The van der Waals surface area contributed by atoms with Gasteiger partial charge in [-0.05, 0) is 18.9 Å². The Morgan fingerprint density at radius 3 is 2.50 bits per heavy atom. The molecule has 5 heteroatoms. The summed E-state index contributed by atoms with van der Waals surface area (Å²) < 4.78 is 26.1. The van der Waals surface area contributed by atoms with Crippen molar-refractivity contribution in [3.05, 3.63) is 29.3 Å². The van der Waals surface area contributed by atoms with Crippen LogP contribution in [0.4, 0.5) is 8.78 Å². The highest BCUT2D eigenvalue weighted by Crippen LogP contribution is 2.54. The number of carbonyl (C=O) groups is 1. The minimum absolute atomic E-state index is 0.0624. The van der Waals surface area contributed by atoms with E-state index in [1.165, 1.54) is 0 Å². The molecule has 1 fully saturated rings. The first-order chi connectivity index (χ1) is 7.44. The Hall–Kier alpha value is -1.65. The molecule has 0 atom stereocenters. The number of hydrogen-bond acceptors (Lipinski definition) is 2. The van der Waals surface area contributed by atoms with Gasteiger partial charge in [-0.25, -0.2) is 8.78 Å². The fourth-order valence-corrected chi connectivity index (χ4v) is 1.95. The van der Waals surface area contributed by atoms with Crippen LogP contribution in [0.15, 0.2) is 12.1 Å². The Kier molecular flexibility index (Phi) is 2.33. The van der Waals surface area contributed by atoms with Crippen LogP contribution < -0.4 is 0 Å². The Balaban J connectivity index is 2.44. The topological polar surface area (TPSA) is 57.5 Å². The molecular formula is C11H10F2O3. The van der Waals surface area contributed by atoms with Crippen LogP contribution in [0, 0.1) is 11.6 Å². The van der Waals surface area contributed by atoms with Gasteiger partial charge in [-0.1, -0.05) is 0 Å². The summed E-state index contributed by atoms with van der Waals surface area (Å²) in [5.74, 6) is -3.53. The van der Waals surface area contributed by atoms with Crippen molar-refractivity contribution in [3.8, 4) is 5.75 Å². The maximum Gasteiger partial charge on any atom is 0.304 e. The fraction of sp³-hybridized carbons (Fsp3) is 0.364. The first kappa shape index (κ1) is 10.9. The highest BCUT2D eigenvalue weighted by Gasteiger charge is 2.48. The van der Waals surface area contributed by atoms with E-state index in [1.54, 1.807) is 0 Å². The molecule has 0 saturated heterocycles. The molecule has 16 heavy (non-hydrogen) atoms. The molecule has 0 amide bonds. The normalized spacial score (nSPS) is 17.1. The minimum atomic E-state index is -1.05. The summed E-state index contributed by atoms with van der Waals surface area (Å²) in [6, 6.07) is 1.59. The first-order valence-corrected chi connectivity index (χ1v) is 4.85. The highest BCUT2D eigenvalue weighted by atomic mass is 19.1. The summed E-state index contributed by atoms with van der Waals surface area (Å²) in [6.07, 6.45) is 0.828. The lowest BCUT2D eigenvalue weighted by Gasteiger charge is -2.15. The monoisotopic (exact) mass is 228 g/mol. The summed E-state index contributed by atoms with van der Waals surface area (Å²) in [7, 11) is 0. The lowest BCUT2D eigenvalue weighted by Crippen LogP contribution is -2.14. The average Bonchev–Trinajstić information content (AvgIpc) is 2.91. The molecule has 2 rings (SSSR count). The van der Waals surface area contributed by atoms with Gasteiger partial charge in [0.15, 0.2) is 11.6 Å². The van der Waals surface area contributed by atoms with Crippen LogP contribution in [0.25, 0.3) is 0 Å². The maximum absolute atomic E-state index is 13.1. The van der Waals surface area contributed by atoms with E-state index < -0.39 is 28.8 Å². The van der Waals surface area contributed by atoms with Crippen molar-refractivity contribution in [2.24, 2.45) is 0 Å². The van der Waals surface area contributed by atoms with Crippen LogP contribution in [-0.2, 0) is 10.2 Å². The van der Waals surface area contributed by atoms with Crippen molar-refractivity contribution in [1.29, 1.82) is 0 Å². The SMILES string of the molecule is O=C(O)CC1(c2cc(F)cc(F)c2O)CC1. The van der Waals surface area contributed by atoms with Crippen molar-refractivity contribution < 1.29 is 23.8 Å². The van der Waals surface area contributed by atoms with Gasteiger partial charge in [-0.15, -0.1) is 0 Å². The van der Waals surface area contributed by atoms with Crippen LogP contribution >= 0.6 is 0 Å². The average molecular weight is 228 g/mol. The maximum atomic E-state index is 13.1. The third-order valence-corrected chi connectivity index (χ3v) is 2.94. The second kappa shape index (κ2) is 3.43. The summed E-state index contributed by atoms with van der Waals surface area (Å²) in [5, 5.41) is 18.2. The van der Waals surface area contributed by atoms with E-state index in [-0.39, 0.29) is 12.0 Å². The zero-order chi connectivity index (χ0) is 11.9. The molecule has 1 aromatic rings. The van der Waals surface area contributed by atoms with Gasteiger partial charge in [0.1, 0.15) is 5.82 Å². The quantitative estimate of drug-likeness (QED) is 0.833. The molecule has 3 nitrogen and oxygen atoms in total. The molecule has 2 N–H and O–H groups in total. The molecular weight excluding hydrogens is 218 g/mol. The van der Waals surface area contributed by atoms with Crippen LogP contribution in [0.3, 0.4) is 0 Å². The predicted molar refractivity (Wildman–Crippen MR) is 51.2 cm³/mol. The zero-order valence-electron chi connectivity index (χ0n) is 8.33. The van der Waals surface area contributed by atoms with E-state index in [1.807, 2.05) is 0 Å². The number of rotatable bonds is 3. The largest absolute Gasteiger partial charge is 0.505 e. The van der Waals surface area contributed by atoms with E-state index in [0.717, 1.165) is 6.07 Å². The molecule has 86 valence electrons. The predicted octanol–water partition coefficient (Wildman–Crippen LogP) is 2.18. The number of phenols is 1. The summed E-state index contributed by atoms with van der Waals surface area (Å²) >= 11 is 0. The van der Waals surface area contributed by atoms with Crippen molar-refractivity contribution in [1.82, 2.24) is 0 Å². The summed E-state index contributed by atoms with van der Waals surface area (Å²) in [5.41, 5.74) is -0.730. The Labute approximate surface area is 90.3 Å². The van der Waals surface area contributed by atoms with Gasteiger partial charge in [0.2, 0.25) is 0 Å². The van der Waals surface area contributed by atoms with Crippen molar-refractivity contribution in [2.75, 3.05) is 0 Å². The second-order valence-electron chi connectivity index (χ2n) is 4.13. The second-order valence-corrected chi connectivity index (χ2v) is 4.13. The molecule has 1 aliphatic carbocycles. The van der Waals surface area contributed by atoms with E-state index in [2.05, 4.69) is 0 Å². The van der Waals surface area contributed by atoms with E-state index in [9.17, 15) is 18.7 Å². The van der Waals surface area contributed by atoms with Gasteiger partial charge in [0.05, 0.1) is 6.42 Å². The molecule has 0 aliphatic heterocycles. The van der Waals surface area contributed by atoms with E-state index >= 15 is 0 Å². The molecule has 1 aliphatic rings. The molecule has 0 unspecified atom stereocenters. The molecule has 1 aromatic carbocycles. The van der Waals surface area contributed by atoms with Crippen molar-refractivity contribution >= 4 is 5.97 Å². The molecule has 0 radical (unpaired) electrons. The molecule has 0 heterocycles. The molecule has 0 spiro atoms. The molecule has 0 aromatic heterocycles. The number of hydrogen-bond donors (Lipinski definition) is 2. The molecule has 0 bridgehead atoms. The number of benzene rings is 1. The Morgan fingerprint density at radius 2 is 2.00 bits per heavy atom. The number of carboxylic acids is 1. The number of aromatic hydroxyl groups is 1. The number of halogens is 2. The van der Waals surface area contributed by atoms with Gasteiger partial charge >= 0.3 is 5.97 Å². The Bertz CT molecular complexity index is 453. The van der Waals surface area contributed by atoms with Gasteiger partial charge in [-0.2, -0.15) is 0 Å². The van der Waals surface area contributed by atoms with Crippen LogP contribution in [0.5, 0.6) is 5.75 Å². The standard InChI is InChI=1S/C11H10F2O3/c12-6-3-7(10(16)8(13)4-6)11(1-2-11)5-9(14)15/h3-4,16H,1-2,5H2,(H,14,15). The zero-order valence-corrected chi connectivity index (χ0v) is 8.33. The van der Waals surface area contributed by atoms with Crippen molar-refractivity contribution in [3.63, 3.8) is 0 Å². The van der Waals surface area contributed by atoms with E-state index in [0.29, 0.717) is 18.9 Å². The third kappa shape index (κ3) is 1.73. The number of aliphatic carboxylic acids is 1. The van der Waals surface area contributed by atoms with Gasteiger partial charge in [0, 0.05) is 17.0 Å². The number of carboxylic acid groups (broad SMARTS) is 1. The van der Waals surface area contributed by atoms with Gasteiger partial charge < -0.3 is 10.2 Å². The van der Waals surface area contributed by atoms with Crippen LogP contribution in [-0.4, -0.2) is 16.2 Å². The molecule has 1 saturated carbocycles. The Morgan fingerprint density at radius 1 is 1.38 bits per heavy atom.